The number of nitrogens with zero attached hydrogens (tertiary/aromatic N) is 2. The van der Waals surface area contributed by atoms with Gasteiger partial charge >= 0.3 is 5.97 Å². The lowest BCUT2D eigenvalue weighted by molar-refractivity contribution is 0.0599. The zero-order chi connectivity index (χ0) is 16.4. The number of esters is 1. The molecule has 23 heavy (non-hydrogen) atoms. The highest BCUT2D eigenvalue weighted by atomic mass is 16.5. The number of fused-ring (bicyclic) bond motifs is 1. The molecule has 0 saturated carbocycles. The fourth-order valence-corrected chi connectivity index (χ4v) is 2.72. The number of carbonyl (C=O) groups is 1. The van der Waals surface area contributed by atoms with Gasteiger partial charge in [-0.15, -0.1) is 0 Å². The van der Waals surface area contributed by atoms with Crippen LogP contribution in [0.4, 0.5) is 0 Å². The van der Waals surface area contributed by atoms with Gasteiger partial charge in [0, 0.05) is 6.54 Å². The summed E-state index contributed by atoms with van der Waals surface area (Å²) in [6, 6.07) is 13.8. The van der Waals surface area contributed by atoms with Crippen LogP contribution in [0.15, 0.2) is 42.5 Å². The average Bonchev–Trinajstić information content (AvgIpc) is 2.90. The molecule has 3 aromatic rings. The molecule has 0 unspecified atom stereocenters. The standard InChI is InChI=1S/C18H18N2O3/c1-12-19-17-14(20(12)11-13-7-5-4-6-8-13)9-10-15(22-2)16(17)18(21)23-3/h4-10H,11H2,1-3H3. The van der Waals surface area contributed by atoms with Gasteiger partial charge in [-0.2, -0.15) is 0 Å². The van der Waals surface area contributed by atoms with Crippen molar-refractivity contribution in [1.29, 1.82) is 0 Å². The minimum atomic E-state index is -0.447. The smallest absolute Gasteiger partial charge is 0.343 e. The number of aromatic nitrogens is 2. The van der Waals surface area contributed by atoms with Gasteiger partial charge in [0.05, 0.1) is 19.7 Å². The Morgan fingerprint density at radius 1 is 1.13 bits per heavy atom. The summed E-state index contributed by atoms with van der Waals surface area (Å²) in [5, 5.41) is 0. The van der Waals surface area contributed by atoms with Crippen molar-refractivity contribution in [2.45, 2.75) is 13.5 Å². The predicted octanol–water partition coefficient (Wildman–Crippen LogP) is 3.19. The molecule has 2 aromatic carbocycles. The number of hydrogen-bond donors (Lipinski definition) is 0. The number of ether oxygens (including phenoxy) is 2. The van der Waals surface area contributed by atoms with Crippen molar-refractivity contribution in [1.82, 2.24) is 9.55 Å². The number of imidazole rings is 1. The highest BCUT2D eigenvalue weighted by Crippen LogP contribution is 2.29. The van der Waals surface area contributed by atoms with E-state index in [0.717, 1.165) is 11.3 Å². The second-order valence-electron chi connectivity index (χ2n) is 5.23. The largest absolute Gasteiger partial charge is 0.496 e. The van der Waals surface area contributed by atoms with Gasteiger partial charge in [0.1, 0.15) is 22.7 Å². The first-order valence-electron chi connectivity index (χ1n) is 7.31. The van der Waals surface area contributed by atoms with Crippen molar-refractivity contribution in [2.75, 3.05) is 14.2 Å². The van der Waals surface area contributed by atoms with Gasteiger partial charge in [0.2, 0.25) is 0 Å². The molecule has 5 nitrogen and oxygen atoms in total. The fraction of sp³-hybridized carbons (Fsp3) is 0.222. The Labute approximate surface area is 134 Å². The van der Waals surface area contributed by atoms with Gasteiger partial charge in [-0.1, -0.05) is 30.3 Å². The van der Waals surface area contributed by atoms with Crippen molar-refractivity contribution < 1.29 is 14.3 Å². The summed E-state index contributed by atoms with van der Waals surface area (Å²) in [6.07, 6.45) is 0. The van der Waals surface area contributed by atoms with Crippen LogP contribution >= 0.6 is 0 Å². The molecular formula is C18H18N2O3. The molecule has 0 amide bonds. The number of rotatable bonds is 4. The van der Waals surface area contributed by atoms with Crippen LogP contribution in [-0.4, -0.2) is 29.7 Å². The summed E-state index contributed by atoms with van der Waals surface area (Å²) in [6.45, 7) is 2.62. The van der Waals surface area contributed by atoms with Gasteiger partial charge in [0.15, 0.2) is 0 Å². The maximum atomic E-state index is 12.1. The third-order valence-electron chi connectivity index (χ3n) is 3.87. The highest BCUT2D eigenvalue weighted by molar-refractivity contribution is 6.04. The molecule has 0 radical (unpaired) electrons. The topological polar surface area (TPSA) is 53.4 Å². The molecule has 0 bridgehead atoms. The van der Waals surface area contributed by atoms with Gasteiger partial charge in [0.25, 0.3) is 0 Å². The molecule has 0 atom stereocenters. The molecule has 0 aliphatic carbocycles. The van der Waals surface area contributed by atoms with E-state index in [4.69, 9.17) is 9.47 Å². The van der Waals surface area contributed by atoms with Crippen molar-refractivity contribution in [2.24, 2.45) is 0 Å². The highest BCUT2D eigenvalue weighted by Gasteiger charge is 2.21. The Kier molecular flexibility index (Phi) is 4.02. The lowest BCUT2D eigenvalue weighted by Gasteiger charge is -2.09. The van der Waals surface area contributed by atoms with E-state index in [0.29, 0.717) is 23.4 Å². The zero-order valence-electron chi connectivity index (χ0n) is 13.4. The maximum absolute atomic E-state index is 12.1. The molecule has 3 rings (SSSR count). The Bertz CT molecular complexity index is 854. The number of carbonyl (C=O) groups excluding carboxylic acids is 1. The monoisotopic (exact) mass is 310 g/mol. The fourth-order valence-electron chi connectivity index (χ4n) is 2.72. The van der Waals surface area contributed by atoms with Crippen LogP contribution in [0, 0.1) is 6.92 Å². The zero-order valence-corrected chi connectivity index (χ0v) is 13.4. The van der Waals surface area contributed by atoms with Crippen LogP contribution in [0.25, 0.3) is 11.0 Å². The first-order valence-corrected chi connectivity index (χ1v) is 7.31. The second-order valence-corrected chi connectivity index (χ2v) is 5.23. The van der Waals surface area contributed by atoms with E-state index in [-0.39, 0.29) is 0 Å². The minimum absolute atomic E-state index is 0.363. The molecule has 0 aliphatic rings. The molecule has 0 N–H and O–H groups in total. The molecule has 5 heteroatoms. The summed E-state index contributed by atoms with van der Waals surface area (Å²) in [7, 11) is 2.88. The van der Waals surface area contributed by atoms with Crippen LogP contribution in [0.1, 0.15) is 21.7 Å². The van der Waals surface area contributed by atoms with E-state index < -0.39 is 5.97 Å². The Balaban J connectivity index is 2.18. The Hall–Kier alpha value is -2.82. The summed E-state index contributed by atoms with van der Waals surface area (Å²) >= 11 is 0. The number of hydrogen-bond acceptors (Lipinski definition) is 4. The number of methoxy groups -OCH3 is 2. The van der Waals surface area contributed by atoms with E-state index in [1.54, 1.807) is 6.07 Å². The van der Waals surface area contributed by atoms with Crippen molar-refractivity contribution in [3.8, 4) is 5.75 Å². The van der Waals surface area contributed by atoms with Crippen molar-refractivity contribution in [3.05, 3.63) is 59.4 Å². The first-order chi connectivity index (χ1) is 11.2. The van der Waals surface area contributed by atoms with E-state index in [2.05, 4.69) is 21.7 Å². The molecule has 0 spiro atoms. The lowest BCUT2D eigenvalue weighted by Crippen LogP contribution is -2.06. The molecule has 0 aliphatic heterocycles. The van der Waals surface area contributed by atoms with Crippen LogP contribution in [0.3, 0.4) is 0 Å². The third kappa shape index (κ3) is 2.65. The van der Waals surface area contributed by atoms with Crippen LogP contribution in [-0.2, 0) is 11.3 Å². The number of benzene rings is 2. The number of aryl methyl sites for hydroxylation is 1. The summed E-state index contributed by atoms with van der Waals surface area (Å²) in [4.78, 5) is 16.7. The quantitative estimate of drug-likeness (QED) is 0.695. The molecular weight excluding hydrogens is 292 g/mol. The third-order valence-corrected chi connectivity index (χ3v) is 3.87. The SMILES string of the molecule is COC(=O)c1c(OC)ccc2c1nc(C)n2Cc1ccccc1. The Morgan fingerprint density at radius 3 is 2.52 bits per heavy atom. The van der Waals surface area contributed by atoms with Crippen molar-refractivity contribution in [3.63, 3.8) is 0 Å². The summed E-state index contributed by atoms with van der Waals surface area (Å²) in [5.41, 5.74) is 3.02. The second kappa shape index (κ2) is 6.12. The molecule has 1 aromatic heterocycles. The van der Waals surface area contributed by atoms with E-state index in [1.807, 2.05) is 31.2 Å². The van der Waals surface area contributed by atoms with Crippen LogP contribution in [0.5, 0.6) is 5.75 Å². The molecule has 118 valence electrons. The van der Waals surface area contributed by atoms with Gasteiger partial charge in [-0.05, 0) is 24.6 Å². The summed E-state index contributed by atoms with van der Waals surface area (Å²) < 4.78 is 12.3. The molecule has 0 saturated heterocycles. The van der Waals surface area contributed by atoms with Crippen LogP contribution < -0.4 is 4.74 Å². The van der Waals surface area contributed by atoms with E-state index in [9.17, 15) is 4.79 Å². The maximum Gasteiger partial charge on any atom is 0.343 e. The molecule has 0 fully saturated rings. The van der Waals surface area contributed by atoms with E-state index >= 15 is 0 Å². The van der Waals surface area contributed by atoms with Crippen LogP contribution in [0.2, 0.25) is 0 Å². The van der Waals surface area contributed by atoms with Gasteiger partial charge in [-0.3, -0.25) is 0 Å². The summed E-state index contributed by atoms with van der Waals surface area (Å²) in [5.74, 6) is 0.854. The average molecular weight is 310 g/mol. The normalized spacial score (nSPS) is 10.7. The van der Waals surface area contributed by atoms with Crippen molar-refractivity contribution >= 4 is 17.0 Å². The lowest BCUT2D eigenvalue weighted by atomic mass is 10.1. The predicted molar refractivity (Wildman–Crippen MR) is 87.9 cm³/mol. The Morgan fingerprint density at radius 2 is 1.87 bits per heavy atom. The first kappa shape index (κ1) is 15.1. The molecule has 1 heterocycles. The van der Waals surface area contributed by atoms with Gasteiger partial charge < -0.3 is 14.0 Å². The van der Waals surface area contributed by atoms with E-state index in [1.165, 1.54) is 19.8 Å². The minimum Gasteiger partial charge on any atom is -0.496 e. The van der Waals surface area contributed by atoms with Gasteiger partial charge in [-0.25, -0.2) is 9.78 Å².